The number of pyridine rings is 3. The van der Waals surface area contributed by atoms with Crippen molar-refractivity contribution in [3.05, 3.63) is 205 Å². The highest BCUT2D eigenvalue weighted by Crippen LogP contribution is 2.33. The summed E-state index contributed by atoms with van der Waals surface area (Å²) in [5.41, 5.74) is 12.1. The van der Waals surface area contributed by atoms with E-state index in [-0.39, 0.29) is 5.82 Å². The third-order valence-electron chi connectivity index (χ3n) is 10.5. The van der Waals surface area contributed by atoms with Gasteiger partial charge >= 0.3 is 5.82 Å². The van der Waals surface area contributed by atoms with Gasteiger partial charge in [0.2, 0.25) is 0 Å². The number of H-pyrrole nitrogens is 1. The molecule has 0 atom stereocenters. The van der Waals surface area contributed by atoms with Crippen molar-refractivity contribution < 1.29 is 4.92 Å². The molecule has 6 heterocycles. The minimum absolute atomic E-state index is 0.172. The van der Waals surface area contributed by atoms with Crippen LogP contribution in [0.4, 0.5) is 5.82 Å². The normalized spacial score (nSPS) is 11.2. The van der Waals surface area contributed by atoms with Crippen LogP contribution in [-0.2, 0) is 0 Å². The minimum atomic E-state index is -0.473. The summed E-state index contributed by atoms with van der Waals surface area (Å²) in [5, 5.41) is 15.8. The van der Waals surface area contributed by atoms with Crippen LogP contribution >= 0.6 is 0 Å². The average molecular weight is 752 g/mol. The van der Waals surface area contributed by atoms with Crippen LogP contribution in [0.1, 0.15) is 0 Å². The van der Waals surface area contributed by atoms with E-state index < -0.39 is 4.92 Å². The van der Waals surface area contributed by atoms with Crippen molar-refractivity contribution in [3.63, 3.8) is 0 Å². The number of benzene rings is 5. The lowest BCUT2D eigenvalue weighted by molar-refractivity contribution is -0.388. The Morgan fingerprint density at radius 1 is 0.517 bits per heavy atom. The van der Waals surface area contributed by atoms with Crippen molar-refractivity contribution in [1.82, 2.24) is 29.1 Å². The molecule has 0 bridgehead atoms. The zero-order valence-electron chi connectivity index (χ0n) is 31.0. The first-order valence-electron chi connectivity index (χ1n) is 18.8. The van der Waals surface area contributed by atoms with E-state index in [1.165, 1.54) is 44.6 Å². The van der Waals surface area contributed by atoms with Gasteiger partial charge in [0.1, 0.15) is 17.5 Å². The second-order valence-corrected chi connectivity index (χ2v) is 13.9. The van der Waals surface area contributed by atoms with Crippen LogP contribution in [0, 0.1) is 10.1 Å². The molecule has 11 rings (SSSR count). The van der Waals surface area contributed by atoms with Gasteiger partial charge in [-0.2, -0.15) is 0 Å². The highest BCUT2D eigenvalue weighted by Gasteiger charge is 2.17. The average Bonchev–Trinajstić information content (AvgIpc) is 4.03. The van der Waals surface area contributed by atoms with Gasteiger partial charge in [-0.3, -0.25) is 0 Å². The number of nitrogens with one attached hydrogen (secondary N) is 1. The molecule has 11 aromatic rings. The first-order valence-corrected chi connectivity index (χ1v) is 18.8. The van der Waals surface area contributed by atoms with Gasteiger partial charge < -0.3 is 24.2 Å². The minimum Gasteiger partial charge on any atom is -0.358 e. The fourth-order valence-electron chi connectivity index (χ4n) is 7.68. The predicted molar refractivity (Wildman–Crippen MR) is 232 cm³/mol. The summed E-state index contributed by atoms with van der Waals surface area (Å²) in [5.74, 6) is -0.172. The van der Waals surface area contributed by atoms with E-state index in [0.29, 0.717) is 11.1 Å². The molecule has 0 aliphatic carbocycles. The molecule has 276 valence electrons. The lowest BCUT2D eigenvalue weighted by atomic mass is 10.1. The Bertz CT molecular complexity index is 3240. The molecule has 0 unspecified atom stereocenters. The molecule has 58 heavy (non-hydrogen) atoms. The fourth-order valence-corrected chi connectivity index (χ4v) is 7.68. The standard InChI is InChI=1S/C25H17N3.C24H16N4O2/c1-2-5-17(6-3-1)18-8-10-19(11-9-18)28-16-14-22-23(28)13-12-20-21-7-4-15-26-25(21)27-24(20)22;29-28(30)24-22(7-4-13-25-24)20-15-19-12-14-27(23(19)26-16-20)21-10-8-18(9-11-21)17-5-2-1-3-6-17/h1-16H,(H,26,27);1-16H. The largest absolute Gasteiger partial charge is 0.371 e. The number of nitro groups is 1. The second kappa shape index (κ2) is 14.5. The van der Waals surface area contributed by atoms with Crippen molar-refractivity contribution in [1.29, 1.82) is 0 Å². The van der Waals surface area contributed by atoms with Crippen molar-refractivity contribution in [2.24, 2.45) is 0 Å². The maximum Gasteiger partial charge on any atom is 0.371 e. The quantitative estimate of drug-likeness (QED) is 0.134. The molecule has 0 amide bonds. The SMILES string of the molecule is O=[N+]([O-])c1ncccc1-c1cnc2c(ccn2-c2ccc(-c3ccccc3)cc2)c1.c1ccc(-c2ccc(-n3ccc4c5[nH]c6ncccc6c5ccc43)cc2)cc1. The van der Waals surface area contributed by atoms with Gasteiger partial charge in [-0.1, -0.05) is 91.0 Å². The van der Waals surface area contributed by atoms with Crippen LogP contribution in [0.5, 0.6) is 0 Å². The Labute approximate surface area is 332 Å². The molecular formula is C49H33N7O2. The lowest BCUT2D eigenvalue weighted by Crippen LogP contribution is -1.96. The molecule has 0 radical (unpaired) electrons. The van der Waals surface area contributed by atoms with Gasteiger partial charge in [0, 0.05) is 63.3 Å². The fraction of sp³-hybridized carbons (Fsp3) is 0. The van der Waals surface area contributed by atoms with E-state index in [1.807, 2.05) is 59.4 Å². The molecule has 0 aliphatic rings. The number of aromatic nitrogens is 6. The van der Waals surface area contributed by atoms with Crippen molar-refractivity contribution in [2.75, 3.05) is 0 Å². The summed E-state index contributed by atoms with van der Waals surface area (Å²) >= 11 is 0. The highest BCUT2D eigenvalue weighted by atomic mass is 16.6. The van der Waals surface area contributed by atoms with Crippen LogP contribution in [0.15, 0.2) is 195 Å². The maximum absolute atomic E-state index is 11.3. The van der Waals surface area contributed by atoms with Crippen LogP contribution in [0.25, 0.3) is 88.6 Å². The number of fused-ring (bicyclic) bond motifs is 6. The molecule has 5 aromatic carbocycles. The van der Waals surface area contributed by atoms with Crippen LogP contribution in [0.3, 0.4) is 0 Å². The Hall–Kier alpha value is -8.17. The first-order chi connectivity index (χ1) is 28.6. The zero-order valence-corrected chi connectivity index (χ0v) is 31.0. The Morgan fingerprint density at radius 3 is 1.83 bits per heavy atom. The van der Waals surface area contributed by atoms with Crippen LogP contribution in [0.2, 0.25) is 0 Å². The van der Waals surface area contributed by atoms with Crippen LogP contribution < -0.4 is 0 Å². The number of aromatic amines is 1. The van der Waals surface area contributed by atoms with E-state index in [0.717, 1.165) is 39.1 Å². The van der Waals surface area contributed by atoms with Gasteiger partial charge in [0.05, 0.1) is 16.6 Å². The van der Waals surface area contributed by atoms with E-state index in [1.54, 1.807) is 18.3 Å². The van der Waals surface area contributed by atoms with E-state index in [9.17, 15) is 10.1 Å². The molecule has 0 saturated heterocycles. The Balaban J connectivity index is 0.000000141. The summed E-state index contributed by atoms with van der Waals surface area (Å²) in [7, 11) is 0. The number of hydrogen-bond donors (Lipinski definition) is 1. The van der Waals surface area contributed by atoms with E-state index in [4.69, 9.17) is 0 Å². The van der Waals surface area contributed by atoms with E-state index >= 15 is 0 Å². The second-order valence-electron chi connectivity index (χ2n) is 13.9. The maximum atomic E-state index is 11.3. The topological polar surface area (TPSA) is 107 Å². The molecule has 6 aromatic heterocycles. The van der Waals surface area contributed by atoms with Gasteiger partial charge in [-0.05, 0) is 105 Å². The molecule has 9 nitrogen and oxygen atoms in total. The third-order valence-corrected chi connectivity index (χ3v) is 10.5. The summed E-state index contributed by atoms with van der Waals surface area (Å²) in [6, 6.07) is 55.6. The molecule has 0 aliphatic heterocycles. The zero-order chi connectivity index (χ0) is 39.0. The van der Waals surface area contributed by atoms with Gasteiger partial charge in [-0.25, -0.2) is 9.97 Å². The molecule has 0 spiro atoms. The Kier molecular flexibility index (Phi) is 8.57. The number of nitrogens with zero attached hydrogens (tertiary/aromatic N) is 6. The molecule has 0 fully saturated rings. The smallest absolute Gasteiger partial charge is 0.358 e. The van der Waals surface area contributed by atoms with Crippen molar-refractivity contribution in [2.45, 2.75) is 0 Å². The molecule has 9 heteroatoms. The summed E-state index contributed by atoms with van der Waals surface area (Å²) in [4.78, 5) is 27.3. The van der Waals surface area contributed by atoms with Crippen molar-refractivity contribution >= 4 is 49.7 Å². The number of rotatable bonds is 6. The summed E-state index contributed by atoms with van der Waals surface area (Å²) in [6.45, 7) is 0. The molecular weight excluding hydrogens is 719 g/mol. The first kappa shape index (κ1) is 34.3. The van der Waals surface area contributed by atoms with E-state index in [2.05, 4.69) is 140 Å². The van der Waals surface area contributed by atoms with Gasteiger partial charge in [-0.15, -0.1) is 0 Å². The van der Waals surface area contributed by atoms with Gasteiger partial charge in [0.25, 0.3) is 0 Å². The predicted octanol–water partition coefficient (Wildman–Crippen LogP) is 12.0. The Morgan fingerprint density at radius 2 is 1.14 bits per heavy atom. The molecule has 0 saturated carbocycles. The monoisotopic (exact) mass is 751 g/mol. The lowest BCUT2D eigenvalue weighted by Gasteiger charge is -2.08. The van der Waals surface area contributed by atoms with Crippen LogP contribution in [-0.4, -0.2) is 34.0 Å². The highest BCUT2D eigenvalue weighted by molar-refractivity contribution is 6.16. The molecule has 1 N–H and O–H groups in total. The van der Waals surface area contributed by atoms with Crippen molar-refractivity contribution in [3.8, 4) is 44.8 Å². The summed E-state index contributed by atoms with van der Waals surface area (Å²) < 4.78 is 4.24. The number of hydrogen-bond acceptors (Lipinski definition) is 5. The third kappa shape index (κ3) is 6.22. The van der Waals surface area contributed by atoms with Gasteiger partial charge in [0.15, 0.2) is 0 Å². The summed E-state index contributed by atoms with van der Waals surface area (Å²) in [6.07, 6.45) is 9.00.